The number of amides is 2. The van der Waals surface area contributed by atoms with E-state index in [4.69, 9.17) is 26.3 Å². The normalized spacial score (nSPS) is 21.6. The molecule has 240 valence electrons. The quantitative estimate of drug-likeness (QED) is 0.147. The molecule has 0 saturated carbocycles. The molecular weight excluding hydrogens is 598 g/mol. The van der Waals surface area contributed by atoms with E-state index in [9.17, 15) is 19.8 Å². The van der Waals surface area contributed by atoms with Gasteiger partial charge in [0.15, 0.2) is 6.29 Å². The molecule has 3 aromatic carbocycles. The zero-order valence-corrected chi connectivity index (χ0v) is 25.8. The van der Waals surface area contributed by atoms with Crippen LogP contribution in [-0.4, -0.2) is 57.9 Å². The minimum absolute atomic E-state index is 0.0371. The highest BCUT2D eigenvalue weighted by molar-refractivity contribution is 6.30. The zero-order valence-electron chi connectivity index (χ0n) is 25.0. The Labute approximate surface area is 267 Å². The number of ether oxygens (including phenoxy) is 2. The molecule has 0 bridgehead atoms. The van der Waals surface area contributed by atoms with E-state index in [0.29, 0.717) is 56.0 Å². The summed E-state index contributed by atoms with van der Waals surface area (Å²) in [7, 11) is 0. The van der Waals surface area contributed by atoms with Crippen LogP contribution in [0.25, 0.3) is 0 Å². The number of likely N-dealkylation sites (tertiary alicyclic amines) is 1. The maximum atomic E-state index is 12.5. The number of hydroxylamine groups is 1. The number of aliphatic hydroxyl groups is 2. The van der Waals surface area contributed by atoms with Crippen molar-refractivity contribution in [3.63, 3.8) is 0 Å². The fourth-order valence-corrected chi connectivity index (χ4v) is 6.05. The number of hydrogen-bond donors (Lipinski definition) is 5. The van der Waals surface area contributed by atoms with Crippen LogP contribution < -0.4 is 10.8 Å². The molecule has 2 fully saturated rings. The smallest absolute Gasteiger partial charge is 0.243 e. The maximum Gasteiger partial charge on any atom is 0.243 e. The van der Waals surface area contributed by atoms with E-state index < -0.39 is 17.8 Å². The number of halogens is 1. The van der Waals surface area contributed by atoms with Crippen LogP contribution in [0.5, 0.6) is 0 Å². The highest BCUT2D eigenvalue weighted by Crippen LogP contribution is 2.40. The Hall–Kier alpha value is -3.35. The van der Waals surface area contributed by atoms with Gasteiger partial charge in [-0.25, -0.2) is 5.48 Å². The lowest BCUT2D eigenvalue weighted by Crippen LogP contribution is -2.46. The molecule has 11 heteroatoms. The highest BCUT2D eigenvalue weighted by atomic mass is 35.5. The van der Waals surface area contributed by atoms with Crippen molar-refractivity contribution in [1.29, 1.82) is 0 Å². The van der Waals surface area contributed by atoms with Crippen LogP contribution in [0, 0.1) is 0 Å². The molecule has 2 aliphatic heterocycles. The van der Waals surface area contributed by atoms with Gasteiger partial charge in [0.25, 0.3) is 0 Å². The lowest BCUT2D eigenvalue weighted by Gasteiger charge is -2.42. The molecule has 0 spiro atoms. The highest BCUT2D eigenvalue weighted by Gasteiger charge is 2.37. The molecule has 5 N–H and O–H groups in total. The van der Waals surface area contributed by atoms with Gasteiger partial charge < -0.3 is 29.9 Å². The average Bonchev–Trinajstić information content (AvgIpc) is 3.06. The van der Waals surface area contributed by atoms with Gasteiger partial charge in [-0.3, -0.25) is 14.8 Å². The van der Waals surface area contributed by atoms with Crippen molar-refractivity contribution in [2.45, 2.75) is 69.2 Å². The van der Waals surface area contributed by atoms with Crippen molar-refractivity contribution in [1.82, 2.24) is 10.4 Å². The molecule has 2 amide bonds. The third-order valence-corrected chi connectivity index (χ3v) is 8.77. The van der Waals surface area contributed by atoms with Crippen LogP contribution in [0.1, 0.15) is 73.2 Å². The molecule has 5 rings (SSSR count). The summed E-state index contributed by atoms with van der Waals surface area (Å²) in [4.78, 5) is 26.0. The van der Waals surface area contributed by atoms with Gasteiger partial charge in [-0.15, -0.1) is 0 Å². The number of piperidine rings is 1. The Morgan fingerprint density at radius 3 is 2.33 bits per heavy atom. The number of hydrogen-bond acceptors (Lipinski definition) is 8. The first-order valence-electron chi connectivity index (χ1n) is 15.3. The van der Waals surface area contributed by atoms with Gasteiger partial charge in [0.2, 0.25) is 11.8 Å². The second kappa shape index (κ2) is 15.3. The predicted molar refractivity (Wildman–Crippen MR) is 168 cm³/mol. The third-order valence-electron chi connectivity index (χ3n) is 8.52. The fraction of sp³-hybridized carbons (Fsp3) is 0.412. The van der Waals surface area contributed by atoms with Gasteiger partial charge in [0, 0.05) is 55.2 Å². The van der Waals surface area contributed by atoms with Crippen molar-refractivity contribution in [3.05, 3.63) is 100 Å². The molecule has 3 aromatic rings. The summed E-state index contributed by atoms with van der Waals surface area (Å²) in [5.41, 5.74) is 4.69. The van der Waals surface area contributed by atoms with E-state index in [1.807, 2.05) is 66.7 Å². The lowest BCUT2D eigenvalue weighted by atomic mass is 9.84. The third kappa shape index (κ3) is 8.89. The number of rotatable bonds is 11. The summed E-state index contributed by atoms with van der Waals surface area (Å²) < 4.78 is 13.0. The molecule has 3 atom stereocenters. The summed E-state index contributed by atoms with van der Waals surface area (Å²) in [6, 6.07) is 22.4. The summed E-state index contributed by atoms with van der Waals surface area (Å²) in [6.07, 6.45) is 1.20. The van der Waals surface area contributed by atoms with E-state index in [1.165, 1.54) is 0 Å². The van der Waals surface area contributed by atoms with E-state index in [1.54, 1.807) is 11.5 Å². The lowest BCUT2D eigenvalue weighted by molar-refractivity contribution is -0.253. The number of aliphatic hydroxyl groups excluding tert-OH is 1. The first-order chi connectivity index (χ1) is 21.7. The van der Waals surface area contributed by atoms with Crippen molar-refractivity contribution >= 4 is 29.1 Å². The molecule has 2 aliphatic rings. The van der Waals surface area contributed by atoms with E-state index in [0.717, 1.165) is 22.3 Å². The molecule has 0 aromatic heterocycles. The van der Waals surface area contributed by atoms with E-state index in [2.05, 4.69) is 10.2 Å². The molecule has 2 saturated heterocycles. The van der Waals surface area contributed by atoms with Crippen LogP contribution >= 0.6 is 11.6 Å². The second-order valence-electron chi connectivity index (χ2n) is 11.8. The number of nitrogens with zero attached hydrogens (tertiary/aromatic N) is 1. The molecule has 10 nitrogen and oxygen atoms in total. The predicted octanol–water partition coefficient (Wildman–Crippen LogP) is 4.98. The second-order valence-corrected chi connectivity index (χ2v) is 12.2. The van der Waals surface area contributed by atoms with Crippen LogP contribution in [0.2, 0.25) is 5.02 Å². The van der Waals surface area contributed by atoms with E-state index in [-0.39, 0.29) is 37.6 Å². The average molecular weight is 638 g/mol. The van der Waals surface area contributed by atoms with E-state index >= 15 is 0 Å². The maximum absolute atomic E-state index is 12.5. The van der Waals surface area contributed by atoms with Gasteiger partial charge in [-0.1, -0.05) is 60.1 Å². The summed E-state index contributed by atoms with van der Waals surface area (Å²) in [5.74, 6) is -0.778. The summed E-state index contributed by atoms with van der Waals surface area (Å²) in [5, 5.41) is 33.0. The molecule has 0 unspecified atom stereocenters. The summed E-state index contributed by atoms with van der Waals surface area (Å²) in [6.45, 7) is 2.05. The Bertz CT molecular complexity index is 1430. The molecular formula is C34H40ClN3O7. The number of nitrogens with one attached hydrogen (secondary N) is 2. The fourth-order valence-electron chi connectivity index (χ4n) is 5.93. The minimum Gasteiger partial charge on any atom is -0.392 e. The monoisotopic (exact) mass is 637 g/mol. The Balaban J connectivity index is 1.26. The van der Waals surface area contributed by atoms with Gasteiger partial charge in [0.1, 0.15) is 0 Å². The largest absolute Gasteiger partial charge is 0.392 e. The molecule has 0 aliphatic carbocycles. The minimum atomic E-state index is -0.896. The number of benzene rings is 3. The molecule has 45 heavy (non-hydrogen) atoms. The topological polar surface area (TPSA) is 141 Å². The van der Waals surface area contributed by atoms with Gasteiger partial charge >= 0.3 is 0 Å². The first-order valence-corrected chi connectivity index (χ1v) is 15.7. The SMILES string of the molecule is O=C(CCCC(=O)Nc1cccc([C@H]2O[C@@H](CN3CCC(O)(c4ccc(Cl)cc4)CC3)C[C@@H](c3ccc(CO)cc3)O2)c1)NO. The number of carbonyl (C=O) groups excluding carboxylic acids is 2. The van der Waals surface area contributed by atoms with Gasteiger partial charge in [-0.05, 0) is 60.2 Å². The van der Waals surface area contributed by atoms with Gasteiger partial charge in [0.05, 0.1) is 24.4 Å². The van der Waals surface area contributed by atoms with Crippen molar-refractivity contribution < 1.29 is 34.5 Å². The van der Waals surface area contributed by atoms with Crippen LogP contribution in [-0.2, 0) is 31.3 Å². The van der Waals surface area contributed by atoms with Crippen LogP contribution in [0.15, 0.2) is 72.8 Å². The standard InChI is InChI=1S/C34H40ClN3O7/c35-27-13-11-26(12-14-27)34(42)15-17-38(18-16-34)21-29-20-30(24-9-7-23(22-39)8-10-24)45-33(44-29)25-3-1-4-28(19-25)36-31(40)5-2-6-32(41)37-43/h1,3-4,7-14,19,29-30,33,39,42-43H,2,5-6,15-18,20-22H2,(H,36,40)(H,37,41)/t29-,30+,33+/m1/s1. The van der Waals surface area contributed by atoms with Crippen molar-refractivity contribution in [2.75, 3.05) is 25.0 Å². The Morgan fingerprint density at radius 2 is 1.64 bits per heavy atom. The van der Waals surface area contributed by atoms with Crippen LogP contribution in [0.3, 0.4) is 0 Å². The number of carbonyl (C=O) groups is 2. The van der Waals surface area contributed by atoms with Crippen molar-refractivity contribution in [2.24, 2.45) is 0 Å². The van der Waals surface area contributed by atoms with Gasteiger partial charge in [-0.2, -0.15) is 0 Å². The zero-order chi connectivity index (χ0) is 31.8. The first kappa shape index (κ1) is 33.0. The molecule has 0 radical (unpaired) electrons. The Morgan fingerprint density at radius 1 is 0.933 bits per heavy atom. The van der Waals surface area contributed by atoms with Crippen molar-refractivity contribution in [3.8, 4) is 0 Å². The van der Waals surface area contributed by atoms with Crippen LogP contribution in [0.4, 0.5) is 5.69 Å². The summed E-state index contributed by atoms with van der Waals surface area (Å²) >= 11 is 6.06. The molecule has 2 heterocycles. The number of anilines is 1. The Kier molecular flexibility index (Phi) is 11.2.